The third-order valence-corrected chi connectivity index (χ3v) is 6.12. The van der Waals surface area contributed by atoms with Gasteiger partial charge < -0.3 is 15.5 Å². The van der Waals surface area contributed by atoms with Gasteiger partial charge in [-0.25, -0.2) is 4.98 Å². The Bertz CT molecular complexity index is 1190. The topological polar surface area (TPSA) is 63.9 Å². The first-order valence-electron chi connectivity index (χ1n) is 11.4. The number of unbranched alkanes of at least 4 members (excludes halogenated alkanes) is 2. The van der Waals surface area contributed by atoms with Crippen LogP contribution in [0.15, 0.2) is 42.5 Å². The molecule has 0 aliphatic heterocycles. The Morgan fingerprint density at radius 1 is 0.968 bits per heavy atom. The maximum absolute atomic E-state index is 5.80. The van der Waals surface area contributed by atoms with E-state index in [1.54, 1.807) is 7.11 Å². The number of aryl methyl sites for hydroxylation is 3. The zero-order valence-electron chi connectivity index (χ0n) is 18.9. The summed E-state index contributed by atoms with van der Waals surface area (Å²) in [6.45, 7) is 4.99. The van der Waals surface area contributed by atoms with E-state index in [0.29, 0.717) is 0 Å². The lowest BCUT2D eigenvalue weighted by molar-refractivity contribution is 0.419. The molecule has 0 bridgehead atoms. The number of H-pyrrole nitrogens is 1. The Kier molecular flexibility index (Phi) is 6.57. The number of nitrogens with two attached hydrogens (primary N) is 1. The number of pyridine rings is 1. The van der Waals surface area contributed by atoms with Crippen molar-refractivity contribution in [3.63, 3.8) is 0 Å². The van der Waals surface area contributed by atoms with Crippen LogP contribution in [-0.2, 0) is 12.8 Å². The van der Waals surface area contributed by atoms with E-state index in [9.17, 15) is 0 Å². The summed E-state index contributed by atoms with van der Waals surface area (Å²) in [7, 11) is 1.71. The number of hydrogen-bond donors (Lipinski definition) is 2. The summed E-state index contributed by atoms with van der Waals surface area (Å²) >= 11 is 0. The van der Waals surface area contributed by atoms with Gasteiger partial charge in [-0.05, 0) is 87.0 Å². The zero-order chi connectivity index (χ0) is 21.8. The molecule has 3 N–H and O–H groups in total. The van der Waals surface area contributed by atoms with Crippen molar-refractivity contribution in [3.05, 3.63) is 59.3 Å². The van der Waals surface area contributed by atoms with E-state index in [4.69, 9.17) is 15.5 Å². The fraction of sp³-hybridized carbons (Fsp3) is 0.370. The lowest BCUT2D eigenvalue weighted by Gasteiger charge is -2.12. The molecule has 0 saturated carbocycles. The molecular formula is C27H33N3O. The molecule has 4 rings (SSSR count). The van der Waals surface area contributed by atoms with Gasteiger partial charge in [-0.2, -0.15) is 0 Å². The number of ether oxygens (including phenoxy) is 1. The summed E-state index contributed by atoms with van der Waals surface area (Å²) in [4.78, 5) is 8.52. The van der Waals surface area contributed by atoms with Crippen LogP contribution >= 0.6 is 0 Å². The number of nitrogens with one attached hydrogen (secondary N) is 1. The number of benzene rings is 2. The summed E-state index contributed by atoms with van der Waals surface area (Å²) in [6, 6.07) is 15.3. The number of hydrogen-bond acceptors (Lipinski definition) is 3. The molecule has 0 spiro atoms. The largest absolute Gasteiger partial charge is 0.494 e. The van der Waals surface area contributed by atoms with Crippen molar-refractivity contribution in [3.8, 4) is 17.0 Å². The number of methoxy groups -OCH3 is 1. The van der Waals surface area contributed by atoms with Gasteiger partial charge in [0.1, 0.15) is 11.3 Å². The lowest BCUT2D eigenvalue weighted by Crippen LogP contribution is -1.99. The molecule has 2 aromatic carbocycles. The van der Waals surface area contributed by atoms with Crippen molar-refractivity contribution in [2.45, 2.75) is 52.4 Å². The van der Waals surface area contributed by atoms with Crippen molar-refractivity contribution in [2.24, 2.45) is 5.73 Å². The normalized spacial score (nSPS) is 11.5. The van der Waals surface area contributed by atoms with E-state index in [1.165, 1.54) is 46.1 Å². The number of rotatable bonds is 9. The third-order valence-electron chi connectivity index (χ3n) is 6.12. The highest BCUT2D eigenvalue weighted by Gasteiger charge is 2.17. The summed E-state index contributed by atoms with van der Waals surface area (Å²) < 4.78 is 5.61. The molecule has 2 heterocycles. The van der Waals surface area contributed by atoms with E-state index in [0.717, 1.165) is 54.6 Å². The van der Waals surface area contributed by atoms with Gasteiger partial charge in [-0.15, -0.1) is 0 Å². The molecule has 0 fully saturated rings. The van der Waals surface area contributed by atoms with E-state index >= 15 is 0 Å². The number of nitrogens with zero attached hydrogens (tertiary/aromatic N) is 1. The average Bonchev–Trinajstić information content (AvgIpc) is 3.14. The summed E-state index contributed by atoms with van der Waals surface area (Å²) in [5, 5.41) is 2.45. The highest BCUT2D eigenvalue weighted by atomic mass is 16.5. The van der Waals surface area contributed by atoms with Gasteiger partial charge in [0.15, 0.2) is 0 Å². The average molecular weight is 416 g/mol. The molecule has 0 amide bonds. The molecule has 162 valence electrons. The fourth-order valence-corrected chi connectivity index (χ4v) is 4.44. The second kappa shape index (κ2) is 9.52. The maximum Gasteiger partial charge on any atom is 0.145 e. The Hall–Kier alpha value is -2.85. The SMILES string of the molecule is CCCCc1ccc2[nH]c(-c3ccc(OC)c4nc(C)ccc34)c(CCCCN)c2c1. The first-order chi connectivity index (χ1) is 15.2. The van der Waals surface area contributed by atoms with Gasteiger partial charge in [0.05, 0.1) is 12.8 Å². The van der Waals surface area contributed by atoms with Crippen molar-refractivity contribution in [1.82, 2.24) is 9.97 Å². The minimum absolute atomic E-state index is 0.730. The fourth-order valence-electron chi connectivity index (χ4n) is 4.44. The quantitative estimate of drug-likeness (QED) is 0.314. The summed E-state index contributed by atoms with van der Waals surface area (Å²) in [5.41, 5.74) is 14.1. The molecule has 4 nitrogen and oxygen atoms in total. The molecule has 31 heavy (non-hydrogen) atoms. The molecule has 4 aromatic rings. The van der Waals surface area contributed by atoms with Gasteiger partial charge >= 0.3 is 0 Å². The molecule has 0 aliphatic carbocycles. The second-order valence-electron chi connectivity index (χ2n) is 8.37. The Morgan fingerprint density at radius 2 is 1.84 bits per heavy atom. The molecule has 2 aromatic heterocycles. The maximum atomic E-state index is 5.80. The number of aromatic nitrogens is 2. The lowest BCUT2D eigenvalue weighted by atomic mass is 9.96. The van der Waals surface area contributed by atoms with E-state index in [2.05, 4.69) is 48.3 Å². The summed E-state index contributed by atoms with van der Waals surface area (Å²) in [5.74, 6) is 0.810. The molecular weight excluding hydrogens is 382 g/mol. The van der Waals surface area contributed by atoms with Crippen LogP contribution in [0.4, 0.5) is 0 Å². The van der Waals surface area contributed by atoms with Gasteiger partial charge in [-0.1, -0.05) is 25.5 Å². The molecule has 0 unspecified atom stereocenters. The monoisotopic (exact) mass is 415 g/mol. The van der Waals surface area contributed by atoms with Crippen LogP contribution in [0.1, 0.15) is 49.4 Å². The van der Waals surface area contributed by atoms with Crippen LogP contribution in [0.25, 0.3) is 33.1 Å². The van der Waals surface area contributed by atoms with E-state index < -0.39 is 0 Å². The predicted octanol–water partition coefficient (Wildman–Crippen LogP) is 6.32. The minimum atomic E-state index is 0.730. The van der Waals surface area contributed by atoms with Crippen LogP contribution in [0.3, 0.4) is 0 Å². The molecule has 0 saturated heterocycles. The van der Waals surface area contributed by atoms with Crippen LogP contribution in [0.2, 0.25) is 0 Å². The highest BCUT2D eigenvalue weighted by Crippen LogP contribution is 2.38. The van der Waals surface area contributed by atoms with Gasteiger partial charge in [0.2, 0.25) is 0 Å². The minimum Gasteiger partial charge on any atom is -0.494 e. The zero-order valence-corrected chi connectivity index (χ0v) is 18.9. The Balaban J connectivity index is 1.91. The summed E-state index contributed by atoms with van der Waals surface area (Å²) in [6.07, 6.45) is 6.69. The predicted molar refractivity (Wildman–Crippen MR) is 131 cm³/mol. The van der Waals surface area contributed by atoms with Crippen molar-refractivity contribution >= 4 is 21.8 Å². The first kappa shape index (κ1) is 21.4. The van der Waals surface area contributed by atoms with Crippen LogP contribution in [0, 0.1) is 6.92 Å². The Labute approximate surface area is 184 Å². The molecule has 0 radical (unpaired) electrons. The van der Waals surface area contributed by atoms with Gasteiger partial charge in [-0.3, -0.25) is 0 Å². The first-order valence-corrected chi connectivity index (χ1v) is 11.4. The van der Waals surface area contributed by atoms with Crippen LogP contribution < -0.4 is 10.5 Å². The van der Waals surface area contributed by atoms with Crippen molar-refractivity contribution in [1.29, 1.82) is 0 Å². The van der Waals surface area contributed by atoms with Crippen LogP contribution in [0.5, 0.6) is 5.75 Å². The number of aromatic amines is 1. The standard InChI is InChI=1S/C27H33N3O/c1-4-5-8-19-11-14-24-23(17-19)20(9-6-7-16-28)26(30-24)21-13-15-25(31-3)27-22(21)12-10-18(2)29-27/h10-15,17,30H,4-9,16,28H2,1-3H3. The molecule has 0 aliphatic rings. The van der Waals surface area contributed by atoms with Gasteiger partial charge in [0.25, 0.3) is 0 Å². The Morgan fingerprint density at radius 3 is 2.61 bits per heavy atom. The van der Waals surface area contributed by atoms with E-state index in [1.807, 2.05) is 13.0 Å². The second-order valence-corrected chi connectivity index (χ2v) is 8.37. The van der Waals surface area contributed by atoms with Gasteiger partial charge in [0, 0.05) is 27.5 Å². The smallest absolute Gasteiger partial charge is 0.145 e. The molecule has 0 atom stereocenters. The molecule has 4 heteroatoms. The number of fused-ring (bicyclic) bond motifs is 2. The van der Waals surface area contributed by atoms with Crippen molar-refractivity contribution in [2.75, 3.05) is 13.7 Å². The third kappa shape index (κ3) is 4.31. The van der Waals surface area contributed by atoms with Crippen LogP contribution in [-0.4, -0.2) is 23.6 Å². The van der Waals surface area contributed by atoms with E-state index in [-0.39, 0.29) is 0 Å². The highest BCUT2D eigenvalue weighted by molar-refractivity contribution is 6.01. The van der Waals surface area contributed by atoms with Crippen molar-refractivity contribution < 1.29 is 4.74 Å².